The predicted molar refractivity (Wildman–Crippen MR) is 160 cm³/mol. The summed E-state index contributed by atoms with van der Waals surface area (Å²) in [7, 11) is 3.11. The first kappa shape index (κ1) is 28.2. The molecule has 0 fully saturated rings. The van der Waals surface area contributed by atoms with Crippen LogP contribution in [0.1, 0.15) is 48.0 Å². The maximum atomic E-state index is 14.1. The molecule has 0 amide bonds. The van der Waals surface area contributed by atoms with Crippen molar-refractivity contribution in [3.05, 3.63) is 108 Å². The van der Waals surface area contributed by atoms with Gasteiger partial charge in [0.15, 0.2) is 16.3 Å². The molecule has 41 heavy (non-hydrogen) atoms. The van der Waals surface area contributed by atoms with Crippen LogP contribution in [0.15, 0.2) is 69.6 Å². The van der Waals surface area contributed by atoms with Gasteiger partial charge in [-0.25, -0.2) is 9.79 Å². The number of esters is 1. The average Bonchev–Trinajstić information content (AvgIpc) is 3.41. The van der Waals surface area contributed by atoms with E-state index in [1.165, 1.54) is 16.9 Å². The van der Waals surface area contributed by atoms with Crippen molar-refractivity contribution in [3.8, 4) is 17.2 Å². The topological polar surface area (TPSA) is 84.1 Å². The van der Waals surface area contributed by atoms with E-state index in [1.54, 1.807) is 44.8 Å². The Balaban J connectivity index is 1.70. The predicted octanol–water partition coefficient (Wildman–Crippen LogP) is 4.53. The van der Waals surface area contributed by atoms with Gasteiger partial charge in [0, 0.05) is 17.1 Å². The number of ether oxygens (including phenoxy) is 3. The fourth-order valence-electron chi connectivity index (χ4n) is 5.30. The molecule has 0 N–H and O–H groups in total. The Morgan fingerprint density at radius 2 is 1.71 bits per heavy atom. The number of benzene rings is 2. The quantitative estimate of drug-likeness (QED) is 0.305. The number of rotatable bonds is 7. The first-order valence-electron chi connectivity index (χ1n) is 13.4. The highest BCUT2D eigenvalue weighted by atomic mass is 32.1. The molecule has 0 saturated heterocycles. The Bertz CT molecular complexity index is 1860. The van der Waals surface area contributed by atoms with Gasteiger partial charge in [-0.3, -0.25) is 9.36 Å². The first-order valence-corrected chi connectivity index (χ1v) is 14.2. The van der Waals surface area contributed by atoms with Crippen LogP contribution >= 0.6 is 11.3 Å². The summed E-state index contributed by atoms with van der Waals surface area (Å²) in [6.45, 7) is 9.89. The molecular weight excluding hydrogens is 538 g/mol. The number of hydrogen-bond donors (Lipinski definition) is 0. The lowest BCUT2D eigenvalue weighted by molar-refractivity contribution is -0.139. The monoisotopic (exact) mass is 571 g/mol. The molecule has 212 valence electrons. The van der Waals surface area contributed by atoms with Crippen molar-refractivity contribution in [1.29, 1.82) is 0 Å². The Morgan fingerprint density at radius 1 is 1.00 bits per heavy atom. The highest BCUT2D eigenvalue weighted by molar-refractivity contribution is 7.07. The van der Waals surface area contributed by atoms with Gasteiger partial charge in [-0.05, 0) is 82.2 Å². The molecule has 9 heteroatoms. The van der Waals surface area contributed by atoms with Gasteiger partial charge in [0.25, 0.3) is 5.56 Å². The van der Waals surface area contributed by atoms with Crippen molar-refractivity contribution in [2.24, 2.45) is 4.99 Å². The Morgan fingerprint density at radius 3 is 2.37 bits per heavy atom. The van der Waals surface area contributed by atoms with E-state index in [4.69, 9.17) is 14.2 Å². The van der Waals surface area contributed by atoms with Crippen LogP contribution in [0, 0.1) is 20.8 Å². The molecular formula is C32H33N3O5S. The van der Waals surface area contributed by atoms with E-state index in [0.29, 0.717) is 37.7 Å². The molecule has 3 heterocycles. The second-order valence-corrected chi connectivity index (χ2v) is 10.9. The Hall–Kier alpha value is -4.37. The van der Waals surface area contributed by atoms with Crippen LogP contribution in [0.2, 0.25) is 0 Å². The third-order valence-corrected chi connectivity index (χ3v) is 8.27. The molecule has 1 aliphatic heterocycles. The molecule has 0 spiro atoms. The highest BCUT2D eigenvalue weighted by Crippen LogP contribution is 2.36. The van der Waals surface area contributed by atoms with E-state index in [1.807, 2.05) is 19.1 Å². The summed E-state index contributed by atoms with van der Waals surface area (Å²) in [4.78, 5) is 32.5. The Labute approximate surface area is 242 Å². The first-order chi connectivity index (χ1) is 19.7. The van der Waals surface area contributed by atoms with Crippen LogP contribution in [-0.4, -0.2) is 35.9 Å². The molecule has 1 atom stereocenters. The van der Waals surface area contributed by atoms with E-state index < -0.39 is 12.0 Å². The summed E-state index contributed by atoms with van der Waals surface area (Å²) < 4.78 is 20.6. The van der Waals surface area contributed by atoms with Crippen LogP contribution in [0.5, 0.6) is 11.5 Å². The SMILES string of the molecule is CCOC(=O)C1=C(C)N=c2s/c(=C/c3cc(C)n(-c4ccc(C)cc4)c3C)c(=O)n2[C@H]1c1ccc(OC)c(OC)c1. The van der Waals surface area contributed by atoms with E-state index in [0.717, 1.165) is 22.6 Å². The normalized spacial score (nSPS) is 15.0. The second-order valence-electron chi connectivity index (χ2n) is 9.91. The minimum Gasteiger partial charge on any atom is -0.493 e. The lowest BCUT2D eigenvalue weighted by atomic mass is 9.95. The van der Waals surface area contributed by atoms with Gasteiger partial charge >= 0.3 is 5.97 Å². The number of aryl methyl sites for hydroxylation is 2. The zero-order valence-corrected chi connectivity index (χ0v) is 25.1. The van der Waals surface area contributed by atoms with Crippen molar-refractivity contribution < 1.29 is 19.0 Å². The van der Waals surface area contributed by atoms with Crippen LogP contribution in [0.4, 0.5) is 0 Å². The number of allylic oxidation sites excluding steroid dienone is 1. The Kier molecular flexibility index (Phi) is 7.73. The number of nitrogens with zero attached hydrogens (tertiary/aromatic N) is 3. The molecule has 0 bridgehead atoms. The van der Waals surface area contributed by atoms with Crippen LogP contribution in [-0.2, 0) is 9.53 Å². The smallest absolute Gasteiger partial charge is 0.338 e. The number of aromatic nitrogens is 2. The molecule has 0 radical (unpaired) electrons. The van der Waals surface area contributed by atoms with Crippen molar-refractivity contribution in [3.63, 3.8) is 0 Å². The lowest BCUT2D eigenvalue weighted by Gasteiger charge is -2.25. The highest BCUT2D eigenvalue weighted by Gasteiger charge is 2.34. The summed E-state index contributed by atoms with van der Waals surface area (Å²) in [5.41, 5.74) is 6.56. The van der Waals surface area contributed by atoms with Crippen LogP contribution < -0.4 is 24.4 Å². The maximum absolute atomic E-state index is 14.1. The number of thiazole rings is 1. The van der Waals surface area contributed by atoms with Gasteiger partial charge in [0.05, 0.1) is 42.7 Å². The maximum Gasteiger partial charge on any atom is 0.338 e. The molecule has 0 saturated carbocycles. The van der Waals surface area contributed by atoms with Gasteiger partial charge in [0.2, 0.25) is 0 Å². The van der Waals surface area contributed by atoms with E-state index in [2.05, 4.69) is 53.7 Å². The number of methoxy groups -OCH3 is 2. The summed E-state index contributed by atoms with van der Waals surface area (Å²) in [6, 6.07) is 15.1. The van der Waals surface area contributed by atoms with Crippen molar-refractivity contribution in [1.82, 2.24) is 9.13 Å². The number of carbonyl (C=O) groups excluding carboxylic acids is 1. The van der Waals surface area contributed by atoms with E-state index >= 15 is 0 Å². The molecule has 0 aliphatic carbocycles. The molecule has 5 rings (SSSR count). The van der Waals surface area contributed by atoms with Crippen molar-refractivity contribution in [2.45, 2.75) is 40.7 Å². The molecule has 8 nitrogen and oxygen atoms in total. The summed E-state index contributed by atoms with van der Waals surface area (Å²) in [5, 5.41) is 0. The zero-order chi connectivity index (χ0) is 29.4. The molecule has 0 unspecified atom stereocenters. The minimum atomic E-state index is -0.743. The summed E-state index contributed by atoms with van der Waals surface area (Å²) in [5.74, 6) is 0.531. The molecule has 2 aromatic carbocycles. The lowest BCUT2D eigenvalue weighted by Crippen LogP contribution is -2.40. The van der Waals surface area contributed by atoms with Crippen LogP contribution in [0.25, 0.3) is 11.8 Å². The van der Waals surface area contributed by atoms with E-state index in [9.17, 15) is 9.59 Å². The summed E-state index contributed by atoms with van der Waals surface area (Å²) in [6.07, 6.45) is 1.91. The third kappa shape index (κ3) is 5.02. The average molecular weight is 572 g/mol. The van der Waals surface area contributed by atoms with Gasteiger partial charge in [-0.1, -0.05) is 35.1 Å². The van der Waals surface area contributed by atoms with Gasteiger partial charge < -0.3 is 18.8 Å². The van der Waals surface area contributed by atoms with Gasteiger partial charge in [-0.2, -0.15) is 0 Å². The second kappa shape index (κ2) is 11.2. The number of fused-ring (bicyclic) bond motifs is 1. The standard InChI is InChI=1S/C32H33N3O5S/c1-8-40-31(37)28-20(4)33-32-35(29(28)22-11-14-25(38-6)26(16-22)39-7)30(36)27(41-32)17-23-15-19(3)34(21(23)5)24-12-9-18(2)10-13-24/h9-17,29H,8H2,1-7H3/b27-17+/t29-/m0/s1. The largest absolute Gasteiger partial charge is 0.493 e. The van der Waals surface area contributed by atoms with Gasteiger partial charge in [0.1, 0.15) is 0 Å². The van der Waals surface area contributed by atoms with Crippen LogP contribution in [0.3, 0.4) is 0 Å². The number of carbonyl (C=O) groups is 1. The minimum absolute atomic E-state index is 0.204. The third-order valence-electron chi connectivity index (χ3n) is 7.29. The summed E-state index contributed by atoms with van der Waals surface area (Å²) >= 11 is 1.30. The van der Waals surface area contributed by atoms with Crippen molar-refractivity contribution >= 4 is 23.4 Å². The van der Waals surface area contributed by atoms with Crippen molar-refractivity contribution in [2.75, 3.05) is 20.8 Å². The fourth-order valence-corrected chi connectivity index (χ4v) is 6.33. The zero-order valence-electron chi connectivity index (χ0n) is 24.3. The van der Waals surface area contributed by atoms with E-state index in [-0.39, 0.29) is 12.2 Å². The fraction of sp³-hybridized carbons (Fsp3) is 0.281. The number of hydrogen-bond acceptors (Lipinski definition) is 7. The molecule has 1 aliphatic rings. The molecule has 2 aromatic heterocycles. The van der Waals surface area contributed by atoms with Gasteiger partial charge in [-0.15, -0.1) is 0 Å². The molecule has 4 aromatic rings.